The van der Waals surface area contributed by atoms with E-state index >= 15 is 0 Å². The summed E-state index contributed by atoms with van der Waals surface area (Å²) in [5.74, 6) is -1.62. The first-order chi connectivity index (χ1) is 23.9. The minimum absolute atomic E-state index is 0.116. The highest BCUT2D eigenvalue weighted by Gasteiger charge is 2.52. The van der Waals surface area contributed by atoms with Crippen LogP contribution in [0.25, 0.3) is 0 Å². The number of aliphatic hydroxyl groups is 5. The molecule has 13 nitrogen and oxygen atoms in total. The highest BCUT2D eigenvalue weighted by Crippen LogP contribution is 2.42. The highest BCUT2D eigenvalue weighted by atomic mass is 32.2. The van der Waals surface area contributed by atoms with E-state index in [0.29, 0.717) is 19.4 Å². The molecule has 0 aromatic rings. The molecule has 306 valence electrons. The van der Waals surface area contributed by atoms with Crippen molar-refractivity contribution < 1.29 is 54.0 Å². The van der Waals surface area contributed by atoms with Crippen LogP contribution in [0.1, 0.15) is 94.9 Å². The molecule has 0 aliphatic carbocycles. The predicted molar refractivity (Wildman–Crippen MR) is 201 cm³/mol. The minimum Gasteiger partial charge on any atom is -0.388 e. The molecule has 3 aliphatic heterocycles. The molecule has 3 rings (SSSR count). The maximum absolute atomic E-state index is 14.4. The summed E-state index contributed by atoms with van der Waals surface area (Å²) in [4.78, 5) is 18.3. The van der Waals surface area contributed by atoms with Crippen molar-refractivity contribution in [3.63, 3.8) is 0 Å². The molecule has 3 saturated heterocycles. The summed E-state index contributed by atoms with van der Waals surface area (Å²) in [6.45, 7) is 18.6. The normalized spacial score (nSPS) is 49.8. The molecular weight excluding hydrogens is 692 g/mol. The number of carbonyl (C=O) groups excluding carboxylic acids is 1. The highest BCUT2D eigenvalue weighted by molar-refractivity contribution is 8.14. The van der Waals surface area contributed by atoms with Crippen molar-refractivity contribution >= 4 is 16.9 Å². The van der Waals surface area contributed by atoms with Gasteiger partial charge in [-0.25, -0.2) is 0 Å². The summed E-state index contributed by atoms with van der Waals surface area (Å²) in [5.41, 5.74) is -4.13. The molecule has 3 fully saturated rings. The van der Waals surface area contributed by atoms with Crippen molar-refractivity contribution in [2.24, 2.45) is 17.8 Å². The molecule has 0 amide bonds. The third-order valence-electron chi connectivity index (χ3n) is 12.2. The third kappa shape index (κ3) is 10.3. The fourth-order valence-corrected chi connectivity index (χ4v) is 9.91. The van der Waals surface area contributed by atoms with Crippen LogP contribution in [0.5, 0.6) is 0 Å². The number of aliphatic hydroxyl groups excluding tert-OH is 3. The molecule has 0 radical (unpaired) electrons. The zero-order chi connectivity index (χ0) is 39.7. The molecular formula is C38H72N2O11S. The van der Waals surface area contributed by atoms with Crippen molar-refractivity contribution in [1.82, 2.24) is 9.80 Å². The van der Waals surface area contributed by atoms with Gasteiger partial charge in [0.25, 0.3) is 0 Å². The molecule has 18 atom stereocenters. The van der Waals surface area contributed by atoms with Gasteiger partial charge in [0.1, 0.15) is 17.8 Å². The van der Waals surface area contributed by atoms with Gasteiger partial charge in [0.2, 0.25) is 0 Å². The Morgan fingerprint density at radius 3 is 2.13 bits per heavy atom. The molecule has 0 bridgehead atoms. The van der Waals surface area contributed by atoms with Crippen LogP contribution in [0.2, 0.25) is 0 Å². The Hall–Kier alpha value is -0.460. The van der Waals surface area contributed by atoms with Crippen LogP contribution < -0.4 is 0 Å². The standard InChI is InChI=1S/C38H72N2O11S/c1-15-27-38(10,46)31(42)24(6)40(13)19-20(2)17-36(8,45)33(51-35-29(41)26(39(11)12)16-21(3)48-35)22(4)30(23(5)34(44)52-27)50-28-18-37(9,47-14)32(43)25(7)49-28/h20-33,35,41-43,45-46H,15-19H2,1-14H3/t20-,21+,22-,23+,24+,25-,26-,27+,28-,29+,30-,31+,32-,33+,35-,36+,37+,38+/m0/s1. The second-order valence-electron chi connectivity index (χ2n) is 17.2. The van der Waals surface area contributed by atoms with Crippen molar-refractivity contribution in [3.05, 3.63) is 0 Å². The average Bonchev–Trinajstić information content (AvgIpc) is 3.05. The van der Waals surface area contributed by atoms with Gasteiger partial charge >= 0.3 is 0 Å². The quantitative estimate of drug-likeness (QED) is 0.256. The SMILES string of the molecule is CC[C@H]1SC(=O)[C@H](C)[C@@H](O[C@H]2C[C@@](C)(OC)[C@@H](O)[C@H](C)O2)[C@H](C)[C@@H](O[C@@H]2O[C@H](C)C[C@H](N(C)C)[C@H]2O)[C@](C)(O)C[C@H](C)CN(C)[C@H](C)[C@@H](O)[C@]1(C)O. The molecule has 0 saturated carbocycles. The van der Waals surface area contributed by atoms with E-state index in [4.69, 9.17) is 23.7 Å². The van der Waals surface area contributed by atoms with Crippen molar-refractivity contribution in [2.45, 2.75) is 184 Å². The Morgan fingerprint density at radius 1 is 0.962 bits per heavy atom. The Kier molecular flexibility index (Phi) is 16.1. The second kappa shape index (κ2) is 18.2. The lowest BCUT2D eigenvalue weighted by Gasteiger charge is -2.49. The number of hydrogen-bond donors (Lipinski definition) is 5. The van der Waals surface area contributed by atoms with Crippen LogP contribution in [-0.4, -0.2) is 165 Å². The third-order valence-corrected chi connectivity index (χ3v) is 13.9. The van der Waals surface area contributed by atoms with E-state index in [-0.39, 0.29) is 36.0 Å². The Balaban J connectivity index is 2.17. The van der Waals surface area contributed by atoms with E-state index in [1.165, 1.54) is 7.11 Å². The Labute approximate surface area is 317 Å². The van der Waals surface area contributed by atoms with Crippen LogP contribution in [0.3, 0.4) is 0 Å². The Bertz CT molecular complexity index is 1150. The van der Waals surface area contributed by atoms with E-state index in [1.54, 1.807) is 34.6 Å². The number of rotatable bonds is 7. The summed E-state index contributed by atoms with van der Waals surface area (Å²) in [6.07, 6.45) is -6.46. The van der Waals surface area contributed by atoms with Gasteiger partial charge in [-0.15, -0.1) is 0 Å². The molecule has 0 aromatic carbocycles. The lowest BCUT2D eigenvalue weighted by Crippen LogP contribution is -2.60. The molecule has 0 unspecified atom stereocenters. The number of nitrogens with zero attached hydrogens (tertiary/aromatic N) is 2. The molecule has 52 heavy (non-hydrogen) atoms. The monoisotopic (exact) mass is 764 g/mol. The van der Waals surface area contributed by atoms with Gasteiger partial charge in [-0.2, -0.15) is 0 Å². The van der Waals surface area contributed by atoms with Crippen LogP contribution in [0.4, 0.5) is 0 Å². The van der Waals surface area contributed by atoms with E-state index in [2.05, 4.69) is 0 Å². The van der Waals surface area contributed by atoms with E-state index in [0.717, 1.165) is 11.8 Å². The number of carbonyl (C=O) groups is 1. The van der Waals surface area contributed by atoms with Gasteiger partial charge in [0, 0.05) is 43.3 Å². The smallest absolute Gasteiger partial charge is 0.194 e. The van der Waals surface area contributed by atoms with Crippen molar-refractivity contribution in [2.75, 3.05) is 34.8 Å². The van der Waals surface area contributed by atoms with Crippen LogP contribution in [0, 0.1) is 17.8 Å². The van der Waals surface area contributed by atoms with Gasteiger partial charge in [0.15, 0.2) is 17.7 Å². The lowest BCUT2D eigenvalue weighted by atomic mass is 9.77. The first kappa shape index (κ1) is 45.9. The van der Waals surface area contributed by atoms with Crippen LogP contribution >= 0.6 is 11.8 Å². The largest absolute Gasteiger partial charge is 0.388 e. The number of thioether (sulfide) groups is 1. The summed E-state index contributed by atoms with van der Waals surface area (Å²) in [5, 5.41) is 57.5. The number of ether oxygens (including phenoxy) is 5. The molecule has 5 N–H and O–H groups in total. The van der Waals surface area contributed by atoms with E-state index < -0.39 is 89.1 Å². The van der Waals surface area contributed by atoms with Gasteiger partial charge in [-0.1, -0.05) is 39.5 Å². The van der Waals surface area contributed by atoms with E-state index in [9.17, 15) is 30.3 Å². The van der Waals surface area contributed by atoms with Gasteiger partial charge in [-0.3, -0.25) is 4.79 Å². The molecule has 14 heteroatoms. The zero-order valence-electron chi connectivity index (χ0n) is 34.2. The predicted octanol–water partition coefficient (Wildman–Crippen LogP) is 2.62. The summed E-state index contributed by atoms with van der Waals surface area (Å²) >= 11 is 0.987. The topological polar surface area (TPSA) is 171 Å². The summed E-state index contributed by atoms with van der Waals surface area (Å²) in [6, 6.07) is -0.724. The van der Waals surface area contributed by atoms with Gasteiger partial charge in [0.05, 0.1) is 47.6 Å². The number of methoxy groups -OCH3 is 1. The molecule has 3 aliphatic rings. The van der Waals surface area contributed by atoms with Gasteiger partial charge < -0.3 is 59.0 Å². The second-order valence-corrected chi connectivity index (χ2v) is 18.4. The molecule has 0 aromatic heterocycles. The molecule has 3 heterocycles. The minimum atomic E-state index is -1.61. The first-order valence-electron chi connectivity index (χ1n) is 19.1. The number of hydrogen-bond acceptors (Lipinski definition) is 14. The van der Waals surface area contributed by atoms with Crippen LogP contribution in [-0.2, 0) is 28.5 Å². The van der Waals surface area contributed by atoms with Gasteiger partial charge in [-0.05, 0) is 87.9 Å². The maximum atomic E-state index is 14.4. The fraction of sp³-hybridized carbons (Fsp3) is 0.974. The average molecular weight is 765 g/mol. The Morgan fingerprint density at radius 2 is 1.58 bits per heavy atom. The number of likely N-dealkylation sites (N-methyl/N-ethyl adjacent to an activating group) is 2. The fourth-order valence-electron chi connectivity index (χ4n) is 8.74. The van der Waals surface area contributed by atoms with Crippen molar-refractivity contribution in [1.29, 1.82) is 0 Å². The summed E-state index contributed by atoms with van der Waals surface area (Å²) in [7, 11) is 7.19. The maximum Gasteiger partial charge on any atom is 0.194 e. The molecule has 0 spiro atoms. The summed E-state index contributed by atoms with van der Waals surface area (Å²) < 4.78 is 31.7. The first-order valence-corrected chi connectivity index (χ1v) is 20.0. The lowest BCUT2D eigenvalue weighted by molar-refractivity contribution is -0.317. The zero-order valence-corrected chi connectivity index (χ0v) is 35.0. The van der Waals surface area contributed by atoms with Crippen molar-refractivity contribution in [3.8, 4) is 0 Å². The van der Waals surface area contributed by atoms with Crippen LogP contribution in [0.15, 0.2) is 0 Å². The van der Waals surface area contributed by atoms with E-state index in [1.807, 2.05) is 65.6 Å².